The molecule has 0 bridgehead atoms. The molecule has 6 aliphatic rings. The summed E-state index contributed by atoms with van der Waals surface area (Å²) in [5.41, 5.74) is 9.15. The highest BCUT2D eigenvalue weighted by atomic mass is 16.5. The Kier molecular flexibility index (Phi) is 14.2. The van der Waals surface area contributed by atoms with Gasteiger partial charge in [0, 0.05) is 139 Å². The molecule has 1 N–H and O–H groups in total. The monoisotopic (exact) mass is 948 g/mol. The van der Waals surface area contributed by atoms with Gasteiger partial charge in [0.25, 0.3) is 0 Å². The molecule has 0 atom stereocenters. The number of hydrogen-bond acceptors (Lipinski definition) is 11. The zero-order valence-corrected chi connectivity index (χ0v) is 40.7. The number of hydrogen-bond donors (Lipinski definition) is 1. The highest BCUT2D eigenvalue weighted by molar-refractivity contribution is 5.84. The summed E-state index contributed by atoms with van der Waals surface area (Å²) in [6.07, 6.45) is 16.2. The average molecular weight is 948 g/mol. The molecular weight excluding hydrogens is 879 g/mol. The third-order valence-electron chi connectivity index (χ3n) is 15.1. The molecule has 4 aromatic heterocycles. The minimum absolute atomic E-state index is 0.298. The molecule has 2 aromatic carbocycles. The van der Waals surface area contributed by atoms with Gasteiger partial charge >= 0.3 is 0 Å². The minimum Gasteiger partial charge on any atom is -0.492 e. The maximum Gasteiger partial charge on any atom is 0.225 e. The molecule has 15 heteroatoms. The standard InChI is InChI=1S/C28H35N5O2.C27H34N6O2/c34-28(23-4-5-23)32-16-14-31(15-17-32)26-10-11-29-33-21-24(20-27(26)33)22-6-8-25(9-7-22)35-19-18-30-12-2-1-3-13-30;34-27(22-1-2-22)32-15-13-31(14-16-32)25-7-8-29-33-20-23(19-26(25)33)21-3-5-24(6-4-21)35-18-17-30-11-9-28-10-12-30/h6-11,20-21,23H,1-5,12-19H2;3-8,19-20,22,28H,1-2,9-18H2. The third-order valence-corrected chi connectivity index (χ3v) is 15.1. The number of nitrogens with one attached hydrogen (secondary N) is 1. The van der Waals surface area contributed by atoms with Gasteiger partial charge in [0.2, 0.25) is 11.8 Å². The van der Waals surface area contributed by atoms with Crippen molar-refractivity contribution in [2.45, 2.75) is 44.9 Å². The first-order valence-corrected chi connectivity index (χ1v) is 26.1. The number of piperazine rings is 3. The van der Waals surface area contributed by atoms with Gasteiger partial charge in [0.1, 0.15) is 24.7 Å². The molecule has 6 aromatic rings. The lowest BCUT2D eigenvalue weighted by Crippen LogP contribution is -2.49. The number of amides is 2. The Hall–Kier alpha value is -6.16. The van der Waals surface area contributed by atoms with Crippen LogP contribution in [0.4, 0.5) is 11.4 Å². The largest absolute Gasteiger partial charge is 0.492 e. The van der Waals surface area contributed by atoms with Crippen molar-refractivity contribution in [3.63, 3.8) is 0 Å². The fraction of sp³-hybridized carbons (Fsp3) is 0.491. The van der Waals surface area contributed by atoms with E-state index in [9.17, 15) is 9.59 Å². The predicted molar refractivity (Wildman–Crippen MR) is 275 cm³/mol. The van der Waals surface area contributed by atoms with Gasteiger partial charge in [0.15, 0.2) is 0 Å². The van der Waals surface area contributed by atoms with Gasteiger partial charge in [-0.25, -0.2) is 9.03 Å². The van der Waals surface area contributed by atoms with E-state index in [1.807, 2.05) is 31.2 Å². The van der Waals surface area contributed by atoms with E-state index in [4.69, 9.17) is 9.47 Å². The Balaban J connectivity index is 0.000000152. The van der Waals surface area contributed by atoms with Crippen molar-refractivity contribution in [3.05, 3.63) is 97.6 Å². The van der Waals surface area contributed by atoms with E-state index in [1.54, 1.807) is 0 Å². The van der Waals surface area contributed by atoms with Gasteiger partial charge < -0.3 is 34.4 Å². The summed E-state index contributed by atoms with van der Waals surface area (Å²) in [7, 11) is 0. The highest BCUT2D eigenvalue weighted by Gasteiger charge is 2.36. The number of rotatable bonds is 14. The van der Waals surface area contributed by atoms with Crippen LogP contribution >= 0.6 is 0 Å². The van der Waals surface area contributed by atoms with Crippen molar-refractivity contribution in [2.75, 3.05) is 128 Å². The normalized spacial score (nSPS) is 19.3. The molecular formula is C55H69N11O4. The summed E-state index contributed by atoms with van der Waals surface area (Å²) in [5.74, 6) is 3.14. The Morgan fingerprint density at radius 3 is 1.36 bits per heavy atom. The SMILES string of the molecule is O=C(C1CC1)N1CCN(c2ccnn3cc(-c4ccc(OCCN5CCCCC5)cc4)cc23)CC1.O=C(C1CC1)N1CCN(c2ccnn3cc(-c4ccc(OCCN5CCNCC5)cc4)cc23)CC1. The number of ether oxygens (including phenoxy) is 2. The molecule has 4 saturated heterocycles. The lowest BCUT2D eigenvalue weighted by molar-refractivity contribution is -0.133. The lowest BCUT2D eigenvalue weighted by atomic mass is 10.1. The Morgan fingerprint density at radius 1 is 0.500 bits per heavy atom. The number of piperidine rings is 1. The zero-order chi connectivity index (χ0) is 47.2. The highest BCUT2D eigenvalue weighted by Crippen LogP contribution is 2.35. The molecule has 15 nitrogen and oxygen atoms in total. The van der Waals surface area contributed by atoms with E-state index in [2.05, 4.69) is 120 Å². The van der Waals surface area contributed by atoms with Crippen LogP contribution in [0.25, 0.3) is 33.3 Å². The fourth-order valence-corrected chi connectivity index (χ4v) is 10.6. The second kappa shape index (κ2) is 21.5. The van der Waals surface area contributed by atoms with Crippen molar-refractivity contribution >= 4 is 34.2 Å². The second-order valence-corrected chi connectivity index (χ2v) is 20.0. The van der Waals surface area contributed by atoms with Crippen LogP contribution in [0.2, 0.25) is 0 Å². The Morgan fingerprint density at radius 2 is 0.929 bits per heavy atom. The molecule has 6 fully saturated rings. The predicted octanol–water partition coefficient (Wildman–Crippen LogP) is 6.27. The lowest BCUT2D eigenvalue weighted by Gasteiger charge is -2.36. The van der Waals surface area contributed by atoms with Crippen LogP contribution in [0.5, 0.6) is 11.5 Å². The van der Waals surface area contributed by atoms with Crippen molar-refractivity contribution in [1.29, 1.82) is 0 Å². The van der Waals surface area contributed by atoms with Crippen LogP contribution in [-0.2, 0) is 9.59 Å². The maximum atomic E-state index is 12.4. The molecule has 4 aliphatic heterocycles. The molecule has 368 valence electrons. The summed E-state index contributed by atoms with van der Waals surface area (Å²) in [5, 5.41) is 12.5. The number of nitrogens with zero attached hydrogens (tertiary/aromatic N) is 10. The molecule has 0 spiro atoms. The van der Waals surface area contributed by atoms with E-state index >= 15 is 0 Å². The topological polar surface area (TPSA) is 119 Å². The van der Waals surface area contributed by atoms with Gasteiger partial charge in [-0.3, -0.25) is 19.4 Å². The number of anilines is 2. The molecule has 0 unspecified atom stereocenters. The molecule has 0 radical (unpaired) electrons. The summed E-state index contributed by atoms with van der Waals surface area (Å²) in [4.78, 5) is 38.6. The Bertz CT molecular complexity index is 2500. The van der Waals surface area contributed by atoms with Gasteiger partial charge in [-0.2, -0.15) is 10.2 Å². The third kappa shape index (κ3) is 11.1. The number of aromatic nitrogens is 4. The van der Waals surface area contributed by atoms with Gasteiger partial charge in [-0.05, 0) is 111 Å². The number of fused-ring (bicyclic) bond motifs is 2. The molecule has 2 saturated carbocycles. The summed E-state index contributed by atoms with van der Waals surface area (Å²) >= 11 is 0. The first-order chi connectivity index (χ1) is 34.5. The minimum atomic E-state index is 0.298. The van der Waals surface area contributed by atoms with Gasteiger partial charge in [-0.1, -0.05) is 30.7 Å². The summed E-state index contributed by atoms with van der Waals surface area (Å²) in [6.45, 7) is 16.8. The molecule has 70 heavy (non-hydrogen) atoms. The number of benzene rings is 2. The molecule has 2 aliphatic carbocycles. The number of carbonyl (C=O) groups is 2. The number of carbonyl (C=O) groups excluding carboxylic acids is 2. The Labute approximate surface area is 411 Å². The van der Waals surface area contributed by atoms with E-state index in [-0.39, 0.29) is 0 Å². The quantitative estimate of drug-likeness (QED) is 0.133. The van der Waals surface area contributed by atoms with Gasteiger partial charge in [-0.15, -0.1) is 0 Å². The van der Waals surface area contributed by atoms with Crippen LogP contribution < -0.4 is 24.6 Å². The summed E-state index contributed by atoms with van der Waals surface area (Å²) < 4.78 is 15.9. The van der Waals surface area contributed by atoms with E-state index in [0.717, 1.165) is 169 Å². The first kappa shape index (κ1) is 46.2. The van der Waals surface area contributed by atoms with E-state index in [0.29, 0.717) is 30.3 Å². The zero-order valence-electron chi connectivity index (χ0n) is 40.7. The van der Waals surface area contributed by atoms with Crippen molar-refractivity contribution < 1.29 is 19.1 Å². The number of likely N-dealkylation sites (tertiary alicyclic amines) is 1. The maximum absolute atomic E-state index is 12.4. The van der Waals surface area contributed by atoms with Crippen molar-refractivity contribution in [2.24, 2.45) is 11.8 Å². The van der Waals surface area contributed by atoms with E-state index < -0.39 is 0 Å². The molecule has 2 amide bonds. The van der Waals surface area contributed by atoms with Crippen LogP contribution in [-0.4, -0.2) is 169 Å². The van der Waals surface area contributed by atoms with Crippen molar-refractivity contribution in [1.82, 2.24) is 44.1 Å². The van der Waals surface area contributed by atoms with Crippen LogP contribution in [0.3, 0.4) is 0 Å². The van der Waals surface area contributed by atoms with Gasteiger partial charge in [0.05, 0.1) is 22.4 Å². The van der Waals surface area contributed by atoms with E-state index in [1.165, 1.54) is 43.7 Å². The second-order valence-electron chi connectivity index (χ2n) is 20.0. The van der Waals surface area contributed by atoms with Crippen molar-refractivity contribution in [3.8, 4) is 33.8 Å². The fourth-order valence-electron chi connectivity index (χ4n) is 10.6. The average Bonchev–Trinajstić information content (AvgIpc) is 4.36. The summed E-state index contributed by atoms with van der Waals surface area (Å²) in [6, 6.07) is 25.4. The molecule has 8 heterocycles. The molecule has 12 rings (SSSR count). The smallest absolute Gasteiger partial charge is 0.225 e. The van der Waals surface area contributed by atoms with Crippen LogP contribution in [0.1, 0.15) is 44.9 Å². The van der Waals surface area contributed by atoms with Crippen LogP contribution in [0, 0.1) is 11.8 Å². The van der Waals surface area contributed by atoms with Crippen LogP contribution in [0.15, 0.2) is 97.6 Å². The first-order valence-electron chi connectivity index (χ1n) is 26.1.